The molecule has 1 aromatic rings. The standard InChI is InChI=1S/C19H22FN/c1-2-13-3-5-14(6-4-13)15-7-8-16-10-18(12-21)19(20)11-17(16)9-15/h9-11,13-14H,2-8H2,1H3. The summed E-state index contributed by atoms with van der Waals surface area (Å²) in [5.41, 5.74) is 3.79. The summed E-state index contributed by atoms with van der Waals surface area (Å²) in [5.74, 6) is 1.22. The van der Waals surface area contributed by atoms with Gasteiger partial charge in [0.1, 0.15) is 11.9 Å². The van der Waals surface area contributed by atoms with Crippen LogP contribution in [0.4, 0.5) is 4.39 Å². The lowest BCUT2D eigenvalue weighted by atomic mass is 9.74. The first-order valence-corrected chi connectivity index (χ1v) is 8.14. The minimum atomic E-state index is -0.386. The van der Waals surface area contributed by atoms with Crippen LogP contribution in [0.25, 0.3) is 6.08 Å². The lowest BCUT2D eigenvalue weighted by molar-refractivity contribution is 0.292. The summed E-state index contributed by atoms with van der Waals surface area (Å²) in [7, 11) is 0. The van der Waals surface area contributed by atoms with Gasteiger partial charge in [-0.05, 0) is 73.6 Å². The molecule has 1 nitrogen and oxygen atoms in total. The van der Waals surface area contributed by atoms with E-state index in [1.807, 2.05) is 6.07 Å². The summed E-state index contributed by atoms with van der Waals surface area (Å²) < 4.78 is 13.8. The van der Waals surface area contributed by atoms with E-state index >= 15 is 0 Å². The van der Waals surface area contributed by atoms with E-state index in [4.69, 9.17) is 5.26 Å². The molecule has 0 amide bonds. The van der Waals surface area contributed by atoms with Gasteiger partial charge in [-0.1, -0.05) is 25.0 Å². The van der Waals surface area contributed by atoms with Crippen molar-refractivity contribution in [2.24, 2.45) is 11.8 Å². The second-order valence-corrected chi connectivity index (χ2v) is 6.49. The molecule has 2 aliphatic rings. The molecule has 0 aliphatic heterocycles. The molecule has 2 aliphatic carbocycles. The highest BCUT2D eigenvalue weighted by Crippen LogP contribution is 2.39. The summed E-state index contributed by atoms with van der Waals surface area (Å²) in [6.45, 7) is 2.29. The summed E-state index contributed by atoms with van der Waals surface area (Å²) in [4.78, 5) is 0. The Kier molecular flexibility index (Phi) is 4.10. The van der Waals surface area contributed by atoms with Crippen LogP contribution in [0.5, 0.6) is 0 Å². The van der Waals surface area contributed by atoms with Crippen molar-refractivity contribution >= 4 is 6.08 Å². The molecule has 0 N–H and O–H groups in total. The van der Waals surface area contributed by atoms with E-state index in [1.165, 1.54) is 37.7 Å². The Bertz CT molecular complexity index is 601. The number of nitrogens with zero attached hydrogens (tertiary/aromatic N) is 1. The van der Waals surface area contributed by atoms with Crippen molar-refractivity contribution in [3.63, 3.8) is 0 Å². The number of nitriles is 1. The van der Waals surface area contributed by atoms with E-state index < -0.39 is 0 Å². The molecule has 21 heavy (non-hydrogen) atoms. The van der Waals surface area contributed by atoms with Crippen LogP contribution in [0.1, 0.15) is 62.1 Å². The Morgan fingerprint density at radius 1 is 1.19 bits per heavy atom. The van der Waals surface area contributed by atoms with Gasteiger partial charge in [-0.2, -0.15) is 5.26 Å². The molecule has 0 radical (unpaired) electrons. The second-order valence-electron chi connectivity index (χ2n) is 6.49. The number of aryl methyl sites for hydroxylation is 1. The number of allylic oxidation sites excluding steroid dienone is 1. The van der Waals surface area contributed by atoms with Gasteiger partial charge in [0.05, 0.1) is 5.56 Å². The number of benzene rings is 1. The number of rotatable bonds is 2. The van der Waals surface area contributed by atoms with Crippen LogP contribution in [0.3, 0.4) is 0 Å². The maximum absolute atomic E-state index is 13.8. The molecule has 0 unspecified atom stereocenters. The average Bonchev–Trinajstić information content (AvgIpc) is 2.53. The van der Waals surface area contributed by atoms with Crippen molar-refractivity contribution in [3.05, 3.63) is 40.2 Å². The lowest BCUT2D eigenvalue weighted by Gasteiger charge is -2.31. The average molecular weight is 283 g/mol. The fourth-order valence-electron chi connectivity index (χ4n) is 3.88. The zero-order valence-corrected chi connectivity index (χ0v) is 12.7. The Labute approximate surface area is 126 Å². The van der Waals surface area contributed by atoms with Crippen molar-refractivity contribution in [1.82, 2.24) is 0 Å². The molecule has 1 aromatic carbocycles. The quantitative estimate of drug-likeness (QED) is 0.727. The Balaban J connectivity index is 1.81. The Morgan fingerprint density at radius 2 is 1.95 bits per heavy atom. The maximum Gasteiger partial charge on any atom is 0.141 e. The molecule has 0 bridgehead atoms. The number of hydrogen-bond acceptors (Lipinski definition) is 1. The number of fused-ring (bicyclic) bond motifs is 1. The zero-order chi connectivity index (χ0) is 14.8. The van der Waals surface area contributed by atoms with Crippen LogP contribution in [0.15, 0.2) is 17.7 Å². The summed E-state index contributed by atoms with van der Waals surface area (Å²) in [6.07, 6.45) is 10.8. The van der Waals surface area contributed by atoms with E-state index in [1.54, 1.807) is 12.1 Å². The molecule has 2 heteroatoms. The van der Waals surface area contributed by atoms with Gasteiger partial charge in [0.25, 0.3) is 0 Å². The highest BCUT2D eigenvalue weighted by molar-refractivity contribution is 5.61. The minimum Gasteiger partial charge on any atom is -0.206 e. The normalized spacial score (nSPS) is 24.9. The van der Waals surface area contributed by atoms with Crippen LogP contribution in [0, 0.1) is 29.0 Å². The molecule has 0 atom stereocenters. The van der Waals surface area contributed by atoms with Gasteiger partial charge in [-0.15, -0.1) is 0 Å². The van der Waals surface area contributed by atoms with Gasteiger partial charge in [0.15, 0.2) is 0 Å². The monoisotopic (exact) mass is 283 g/mol. The number of halogens is 1. The largest absolute Gasteiger partial charge is 0.206 e. The van der Waals surface area contributed by atoms with Gasteiger partial charge >= 0.3 is 0 Å². The lowest BCUT2D eigenvalue weighted by Crippen LogP contribution is -2.17. The fraction of sp³-hybridized carbons (Fsp3) is 0.526. The van der Waals surface area contributed by atoms with Crippen molar-refractivity contribution in [2.75, 3.05) is 0 Å². The minimum absolute atomic E-state index is 0.175. The first-order valence-electron chi connectivity index (χ1n) is 8.14. The van der Waals surface area contributed by atoms with Crippen molar-refractivity contribution in [3.8, 4) is 6.07 Å². The van der Waals surface area contributed by atoms with Gasteiger partial charge in [0, 0.05) is 0 Å². The number of hydrogen-bond donors (Lipinski definition) is 0. The van der Waals surface area contributed by atoms with Crippen molar-refractivity contribution < 1.29 is 4.39 Å². The molecular weight excluding hydrogens is 261 g/mol. The van der Waals surface area contributed by atoms with Gasteiger partial charge in [-0.25, -0.2) is 4.39 Å². The molecule has 3 rings (SSSR count). The highest BCUT2D eigenvalue weighted by Gasteiger charge is 2.25. The van der Waals surface area contributed by atoms with E-state index in [0.29, 0.717) is 5.92 Å². The third-order valence-corrected chi connectivity index (χ3v) is 5.32. The molecule has 0 aromatic heterocycles. The van der Waals surface area contributed by atoms with Crippen molar-refractivity contribution in [1.29, 1.82) is 5.26 Å². The predicted molar refractivity (Wildman–Crippen MR) is 83.2 cm³/mol. The highest BCUT2D eigenvalue weighted by atomic mass is 19.1. The van der Waals surface area contributed by atoms with Gasteiger partial charge in [0.2, 0.25) is 0 Å². The fourth-order valence-corrected chi connectivity index (χ4v) is 3.88. The summed E-state index contributed by atoms with van der Waals surface area (Å²) >= 11 is 0. The Morgan fingerprint density at radius 3 is 2.62 bits per heavy atom. The first-order chi connectivity index (χ1) is 10.2. The molecule has 0 spiro atoms. The topological polar surface area (TPSA) is 23.8 Å². The Hall–Kier alpha value is -1.62. The third kappa shape index (κ3) is 2.88. The van der Waals surface area contributed by atoms with Crippen LogP contribution in [-0.2, 0) is 6.42 Å². The second kappa shape index (κ2) is 6.02. The van der Waals surface area contributed by atoms with E-state index in [2.05, 4.69) is 13.0 Å². The maximum atomic E-state index is 13.8. The summed E-state index contributed by atoms with van der Waals surface area (Å²) in [5, 5.41) is 8.92. The predicted octanol–water partition coefficient (Wildman–Crippen LogP) is 5.24. The molecular formula is C19H22FN. The zero-order valence-electron chi connectivity index (χ0n) is 12.7. The van der Waals surface area contributed by atoms with Crippen LogP contribution in [-0.4, -0.2) is 0 Å². The molecule has 1 saturated carbocycles. The van der Waals surface area contributed by atoms with E-state index in [0.717, 1.165) is 29.9 Å². The first kappa shape index (κ1) is 14.3. The third-order valence-electron chi connectivity index (χ3n) is 5.32. The summed E-state index contributed by atoms with van der Waals surface area (Å²) in [6, 6.07) is 5.21. The molecule has 0 heterocycles. The van der Waals surface area contributed by atoms with Crippen LogP contribution in [0.2, 0.25) is 0 Å². The van der Waals surface area contributed by atoms with Crippen LogP contribution < -0.4 is 0 Å². The molecule has 1 fully saturated rings. The molecule has 0 saturated heterocycles. The SMILES string of the molecule is CCC1CCC(C2=Cc3cc(F)c(C#N)cc3CC2)CC1. The van der Waals surface area contributed by atoms with Gasteiger partial charge in [-0.3, -0.25) is 0 Å². The molecule has 110 valence electrons. The van der Waals surface area contributed by atoms with Crippen LogP contribution >= 0.6 is 0 Å². The van der Waals surface area contributed by atoms with Crippen molar-refractivity contribution in [2.45, 2.75) is 51.9 Å². The smallest absolute Gasteiger partial charge is 0.141 e. The van der Waals surface area contributed by atoms with Gasteiger partial charge < -0.3 is 0 Å². The van der Waals surface area contributed by atoms with E-state index in [9.17, 15) is 4.39 Å². The van der Waals surface area contributed by atoms with E-state index in [-0.39, 0.29) is 11.4 Å².